The Morgan fingerprint density at radius 2 is 2.36 bits per heavy atom. The van der Waals surface area contributed by atoms with E-state index in [9.17, 15) is 4.79 Å². The van der Waals surface area contributed by atoms with E-state index in [0.29, 0.717) is 0 Å². The Labute approximate surface area is 80.8 Å². The molecule has 0 spiro atoms. The largest absolute Gasteiger partial charge is 0.419 e. The number of hydrogen-bond acceptors (Lipinski definition) is 2. The molecule has 0 N–H and O–H groups in total. The van der Waals surface area contributed by atoms with Crippen LogP contribution in [0.15, 0.2) is 0 Å². The van der Waals surface area contributed by atoms with Crippen molar-refractivity contribution >= 4 is 29.1 Å². The lowest BCUT2D eigenvalue weighted by atomic mass is 10.3. The minimum Gasteiger partial charge on any atom is -0.378 e. The van der Waals surface area contributed by atoms with E-state index in [0.717, 1.165) is 18.9 Å². The van der Waals surface area contributed by atoms with Gasteiger partial charge in [-0.1, -0.05) is 12.8 Å². The zero-order valence-electron chi connectivity index (χ0n) is 6.55. The van der Waals surface area contributed by atoms with Crippen LogP contribution in [0.1, 0.15) is 19.3 Å². The molecular weight excluding hydrogens is 257 g/mol. The van der Waals surface area contributed by atoms with E-state index in [1.165, 1.54) is 12.8 Å². The summed E-state index contributed by atoms with van der Waals surface area (Å²) in [6.07, 6.45) is 3.56. The Balaban J connectivity index is 2.08. The Morgan fingerprint density at radius 3 is 2.82 bits per heavy atom. The maximum atomic E-state index is 10.8. The van der Waals surface area contributed by atoms with Crippen molar-refractivity contribution in [2.45, 2.75) is 19.3 Å². The fourth-order valence-electron chi connectivity index (χ4n) is 0.933. The molecule has 1 fully saturated rings. The van der Waals surface area contributed by atoms with Gasteiger partial charge in [-0.05, 0) is 12.3 Å². The Kier molecular flexibility index (Phi) is 3.42. The molecular formula is C7H12INO2. The normalized spacial score (nSPS) is 16.2. The molecule has 4 heteroatoms. The van der Waals surface area contributed by atoms with Gasteiger partial charge in [-0.3, -0.25) is 0 Å². The van der Waals surface area contributed by atoms with E-state index >= 15 is 0 Å². The summed E-state index contributed by atoms with van der Waals surface area (Å²) in [5, 5.41) is 0. The first-order valence-electron chi connectivity index (χ1n) is 3.77. The van der Waals surface area contributed by atoms with Crippen LogP contribution < -0.4 is 0 Å². The van der Waals surface area contributed by atoms with Crippen molar-refractivity contribution in [3.63, 3.8) is 0 Å². The van der Waals surface area contributed by atoms with Gasteiger partial charge in [0.2, 0.25) is 0 Å². The minimum atomic E-state index is -0.244. The Morgan fingerprint density at radius 1 is 1.73 bits per heavy atom. The van der Waals surface area contributed by atoms with Gasteiger partial charge in [0.05, 0.1) is 0 Å². The molecule has 0 unspecified atom stereocenters. The molecule has 0 aliphatic heterocycles. The highest BCUT2D eigenvalue weighted by Gasteiger charge is 2.22. The smallest absolute Gasteiger partial charge is 0.378 e. The maximum Gasteiger partial charge on any atom is 0.419 e. The van der Waals surface area contributed by atoms with E-state index in [1.54, 1.807) is 35.0 Å². The molecule has 0 heterocycles. The van der Waals surface area contributed by atoms with Crippen LogP contribution in [0.4, 0.5) is 4.79 Å². The topological polar surface area (TPSA) is 29.5 Å². The molecule has 0 bridgehead atoms. The van der Waals surface area contributed by atoms with Crippen LogP contribution in [0.25, 0.3) is 0 Å². The number of halogens is 1. The maximum absolute atomic E-state index is 10.8. The zero-order chi connectivity index (χ0) is 8.27. The standard InChI is InChI=1S/C7H12INO2/c1-9(7(10)11-8)5-4-6-2-3-6/h6H,2-5H2,1H3. The Bertz CT molecular complexity index is 147. The monoisotopic (exact) mass is 269 g/mol. The molecule has 11 heavy (non-hydrogen) atoms. The number of hydrogen-bond donors (Lipinski definition) is 0. The minimum absolute atomic E-state index is 0.244. The fraction of sp³-hybridized carbons (Fsp3) is 0.857. The summed E-state index contributed by atoms with van der Waals surface area (Å²) in [5.41, 5.74) is 0. The van der Waals surface area contributed by atoms with Crippen molar-refractivity contribution in [2.24, 2.45) is 5.92 Å². The Hall–Kier alpha value is 0. The molecule has 64 valence electrons. The van der Waals surface area contributed by atoms with Crippen LogP contribution >= 0.6 is 23.0 Å². The predicted octanol–water partition coefficient (Wildman–Crippen LogP) is 2.20. The van der Waals surface area contributed by atoms with Gasteiger partial charge in [0.15, 0.2) is 23.0 Å². The summed E-state index contributed by atoms with van der Waals surface area (Å²) in [6, 6.07) is 0. The molecule has 0 saturated heterocycles. The van der Waals surface area contributed by atoms with Crippen molar-refractivity contribution in [1.29, 1.82) is 0 Å². The summed E-state index contributed by atoms with van der Waals surface area (Å²) >= 11 is 1.61. The van der Waals surface area contributed by atoms with Crippen LogP contribution in [0.5, 0.6) is 0 Å². The van der Waals surface area contributed by atoms with E-state index in [2.05, 4.69) is 3.07 Å². The average Bonchev–Trinajstić information content (AvgIpc) is 2.81. The van der Waals surface area contributed by atoms with E-state index in [-0.39, 0.29) is 6.09 Å². The first kappa shape index (κ1) is 9.09. The van der Waals surface area contributed by atoms with Crippen molar-refractivity contribution in [2.75, 3.05) is 13.6 Å². The number of carbonyl (C=O) groups excluding carboxylic acids is 1. The molecule has 1 aliphatic carbocycles. The molecule has 1 rings (SSSR count). The second kappa shape index (κ2) is 4.13. The summed E-state index contributed by atoms with van der Waals surface area (Å²) in [5.74, 6) is 0.875. The molecule has 0 radical (unpaired) electrons. The second-order valence-electron chi connectivity index (χ2n) is 3.00. The van der Waals surface area contributed by atoms with Crippen LogP contribution in [0.2, 0.25) is 0 Å². The number of amides is 1. The summed E-state index contributed by atoms with van der Waals surface area (Å²) in [7, 11) is 1.77. The first-order chi connectivity index (χ1) is 5.24. The van der Waals surface area contributed by atoms with E-state index in [1.807, 2.05) is 0 Å². The van der Waals surface area contributed by atoms with Gasteiger partial charge in [-0.15, -0.1) is 0 Å². The summed E-state index contributed by atoms with van der Waals surface area (Å²) < 4.78 is 4.52. The molecule has 1 aliphatic rings. The SMILES string of the molecule is CN(CCC1CC1)C(=O)OI. The lowest BCUT2D eigenvalue weighted by molar-refractivity contribution is 0.177. The van der Waals surface area contributed by atoms with Gasteiger partial charge in [0.1, 0.15) is 0 Å². The van der Waals surface area contributed by atoms with Gasteiger partial charge in [0, 0.05) is 13.6 Å². The second-order valence-corrected chi connectivity index (χ2v) is 3.44. The van der Waals surface area contributed by atoms with Crippen LogP contribution in [0.3, 0.4) is 0 Å². The molecule has 0 aromatic heterocycles. The summed E-state index contributed by atoms with van der Waals surface area (Å²) in [6.45, 7) is 0.826. The van der Waals surface area contributed by atoms with Crippen LogP contribution in [-0.2, 0) is 3.07 Å². The first-order valence-corrected chi connectivity index (χ1v) is 4.66. The van der Waals surface area contributed by atoms with Crippen molar-refractivity contribution < 1.29 is 7.86 Å². The lowest BCUT2D eigenvalue weighted by Crippen LogP contribution is -2.26. The third-order valence-electron chi connectivity index (χ3n) is 1.95. The lowest BCUT2D eigenvalue weighted by Gasteiger charge is -2.13. The van der Waals surface area contributed by atoms with Crippen molar-refractivity contribution in [3.05, 3.63) is 0 Å². The molecule has 0 aromatic rings. The molecule has 1 saturated carbocycles. The number of nitrogens with zero attached hydrogens (tertiary/aromatic N) is 1. The number of carbonyl (C=O) groups is 1. The molecule has 3 nitrogen and oxygen atoms in total. The van der Waals surface area contributed by atoms with Gasteiger partial charge in [-0.25, -0.2) is 4.79 Å². The number of rotatable bonds is 3. The zero-order valence-corrected chi connectivity index (χ0v) is 8.70. The average molecular weight is 269 g/mol. The van der Waals surface area contributed by atoms with Gasteiger partial charge >= 0.3 is 6.09 Å². The van der Waals surface area contributed by atoms with Gasteiger partial charge in [0.25, 0.3) is 0 Å². The molecule has 0 aromatic carbocycles. The highest BCUT2D eigenvalue weighted by atomic mass is 127. The van der Waals surface area contributed by atoms with Gasteiger partial charge < -0.3 is 7.97 Å². The highest BCUT2D eigenvalue weighted by Crippen LogP contribution is 2.32. The quantitative estimate of drug-likeness (QED) is 0.735. The summed E-state index contributed by atoms with van der Waals surface area (Å²) in [4.78, 5) is 12.5. The third kappa shape index (κ3) is 3.27. The predicted molar refractivity (Wildman–Crippen MR) is 50.5 cm³/mol. The molecule has 0 atom stereocenters. The van der Waals surface area contributed by atoms with Crippen molar-refractivity contribution in [1.82, 2.24) is 4.90 Å². The van der Waals surface area contributed by atoms with Crippen LogP contribution in [-0.4, -0.2) is 24.6 Å². The van der Waals surface area contributed by atoms with Gasteiger partial charge in [-0.2, -0.15) is 0 Å². The molecule has 1 amide bonds. The third-order valence-corrected chi connectivity index (χ3v) is 2.32. The van der Waals surface area contributed by atoms with Crippen LogP contribution in [0, 0.1) is 5.92 Å². The van der Waals surface area contributed by atoms with Crippen molar-refractivity contribution in [3.8, 4) is 0 Å². The van der Waals surface area contributed by atoms with E-state index < -0.39 is 0 Å². The van der Waals surface area contributed by atoms with E-state index in [4.69, 9.17) is 0 Å². The fourth-order valence-corrected chi connectivity index (χ4v) is 1.27. The highest BCUT2D eigenvalue weighted by molar-refractivity contribution is 14.1.